The fraction of sp³-hybridized carbons (Fsp3) is 0.0714. The smallest absolute Gasteiger partial charge is 0.182 e. The zero-order valence-corrected chi connectivity index (χ0v) is 11.8. The minimum Gasteiger partial charge on any atom is -0.330 e. The number of aromatic amines is 1. The Morgan fingerprint density at radius 3 is 2.84 bits per heavy atom. The fourth-order valence-corrected chi connectivity index (χ4v) is 2.86. The van der Waals surface area contributed by atoms with E-state index in [1.54, 1.807) is 17.8 Å². The first-order valence-corrected chi connectivity index (χ1v) is 7.37. The van der Waals surface area contributed by atoms with Crippen molar-refractivity contribution in [3.63, 3.8) is 0 Å². The van der Waals surface area contributed by atoms with E-state index in [4.69, 9.17) is 12.2 Å². The van der Waals surface area contributed by atoms with Crippen molar-refractivity contribution in [1.82, 2.24) is 9.55 Å². The Morgan fingerprint density at radius 2 is 2.05 bits per heavy atom. The van der Waals surface area contributed by atoms with Gasteiger partial charge in [0.1, 0.15) is 5.82 Å². The molecule has 0 aliphatic heterocycles. The van der Waals surface area contributed by atoms with E-state index in [0.717, 1.165) is 16.1 Å². The number of imidazole rings is 1. The van der Waals surface area contributed by atoms with Crippen LogP contribution in [0.4, 0.5) is 4.39 Å². The van der Waals surface area contributed by atoms with Crippen LogP contribution in [0.15, 0.2) is 47.4 Å². The third-order valence-electron chi connectivity index (χ3n) is 2.96. The summed E-state index contributed by atoms with van der Waals surface area (Å²) in [4.78, 5) is 4.20. The molecule has 1 heterocycles. The highest BCUT2D eigenvalue weighted by molar-refractivity contribution is 7.98. The largest absolute Gasteiger partial charge is 0.330 e. The summed E-state index contributed by atoms with van der Waals surface area (Å²) in [6.07, 6.45) is 2.03. The van der Waals surface area contributed by atoms with Gasteiger partial charge >= 0.3 is 0 Å². The van der Waals surface area contributed by atoms with Gasteiger partial charge < -0.3 is 4.98 Å². The average Bonchev–Trinajstić information content (AvgIpc) is 2.73. The summed E-state index contributed by atoms with van der Waals surface area (Å²) in [5, 5.41) is 0. The summed E-state index contributed by atoms with van der Waals surface area (Å²) in [5.41, 5.74) is 2.57. The number of nitrogens with one attached hydrogen (secondary N) is 1. The lowest BCUT2D eigenvalue weighted by atomic mass is 10.2. The van der Waals surface area contributed by atoms with Crippen LogP contribution < -0.4 is 0 Å². The molecular weight excluding hydrogens is 279 g/mol. The Hall–Kier alpha value is -1.59. The van der Waals surface area contributed by atoms with Gasteiger partial charge in [-0.3, -0.25) is 4.57 Å². The van der Waals surface area contributed by atoms with E-state index in [1.807, 2.05) is 29.0 Å². The van der Waals surface area contributed by atoms with E-state index in [-0.39, 0.29) is 5.82 Å². The van der Waals surface area contributed by atoms with Crippen molar-refractivity contribution in [2.45, 2.75) is 4.90 Å². The van der Waals surface area contributed by atoms with Crippen LogP contribution in [0, 0.1) is 10.6 Å². The van der Waals surface area contributed by atoms with Crippen LogP contribution in [0.1, 0.15) is 0 Å². The molecule has 96 valence electrons. The Morgan fingerprint density at radius 1 is 1.21 bits per heavy atom. The van der Waals surface area contributed by atoms with E-state index in [1.165, 1.54) is 12.1 Å². The number of aromatic nitrogens is 2. The number of benzene rings is 2. The molecule has 2 aromatic carbocycles. The number of hydrogen-bond donors (Lipinski definition) is 1. The molecule has 2 nitrogen and oxygen atoms in total. The summed E-state index contributed by atoms with van der Waals surface area (Å²) in [6, 6.07) is 12.7. The highest BCUT2D eigenvalue weighted by Crippen LogP contribution is 2.23. The molecule has 0 spiro atoms. The molecule has 0 unspecified atom stereocenters. The Kier molecular flexibility index (Phi) is 3.16. The van der Waals surface area contributed by atoms with E-state index in [0.29, 0.717) is 10.3 Å². The number of hydrogen-bond acceptors (Lipinski definition) is 2. The maximum Gasteiger partial charge on any atom is 0.182 e. The maximum absolute atomic E-state index is 13.2. The molecule has 0 aliphatic carbocycles. The minimum absolute atomic E-state index is 0.270. The molecule has 3 rings (SSSR count). The van der Waals surface area contributed by atoms with Crippen molar-refractivity contribution in [2.24, 2.45) is 0 Å². The van der Waals surface area contributed by atoms with E-state index in [2.05, 4.69) is 11.1 Å². The van der Waals surface area contributed by atoms with Gasteiger partial charge in [0.15, 0.2) is 4.77 Å². The molecule has 0 amide bonds. The highest BCUT2D eigenvalue weighted by atomic mass is 32.2. The second kappa shape index (κ2) is 4.83. The van der Waals surface area contributed by atoms with Gasteiger partial charge in [-0.05, 0) is 54.9 Å². The van der Waals surface area contributed by atoms with Crippen LogP contribution in [-0.2, 0) is 0 Å². The SMILES string of the molecule is CSc1cccc(-n2c(=S)[nH]c3cc(F)ccc32)c1. The van der Waals surface area contributed by atoms with Gasteiger partial charge in [-0.1, -0.05) is 6.07 Å². The molecule has 0 aliphatic rings. The maximum atomic E-state index is 13.2. The Balaban J connectivity index is 2.29. The van der Waals surface area contributed by atoms with E-state index in [9.17, 15) is 4.39 Å². The summed E-state index contributed by atoms with van der Waals surface area (Å²) in [5.74, 6) is -0.270. The predicted molar refractivity (Wildman–Crippen MR) is 80.2 cm³/mol. The Labute approximate surface area is 119 Å². The normalized spacial score (nSPS) is 11.1. The van der Waals surface area contributed by atoms with Crippen molar-refractivity contribution in [2.75, 3.05) is 6.26 Å². The third-order valence-corrected chi connectivity index (χ3v) is 3.97. The van der Waals surface area contributed by atoms with E-state index >= 15 is 0 Å². The second-order valence-electron chi connectivity index (χ2n) is 4.13. The molecule has 0 fully saturated rings. The van der Waals surface area contributed by atoms with Crippen LogP contribution in [-0.4, -0.2) is 15.8 Å². The van der Waals surface area contributed by atoms with Gasteiger partial charge in [0.25, 0.3) is 0 Å². The summed E-state index contributed by atoms with van der Waals surface area (Å²) >= 11 is 7.01. The first-order valence-electron chi connectivity index (χ1n) is 5.74. The van der Waals surface area contributed by atoms with Gasteiger partial charge in [0.05, 0.1) is 11.0 Å². The van der Waals surface area contributed by atoms with Gasteiger partial charge in [-0.15, -0.1) is 11.8 Å². The molecule has 0 radical (unpaired) electrons. The van der Waals surface area contributed by atoms with Crippen LogP contribution in [0.2, 0.25) is 0 Å². The zero-order valence-electron chi connectivity index (χ0n) is 10.2. The van der Waals surface area contributed by atoms with Gasteiger partial charge in [0.2, 0.25) is 0 Å². The lowest BCUT2D eigenvalue weighted by Crippen LogP contribution is -1.93. The molecular formula is C14H11FN2S2. The average molecular weight is 290 g/mol. The lowest BCUT2D eigenvalue weighted by molar-refractivity contribution is 0.629. The third kappa shape index (κ3) is 2.19. The van der Waals surface area contributed by atoms with Crippen LogP contribution in [0.5, 0.6) is 0 Å². The molecule has 1 aromatic heterocycles. The number of thioether (sulfide) groups is 1. The number of fused-ring (bicyclic) bond motifs is 1. The summed E-state index contributed by atoms with van der Waals surface area (Å²) in [7, 11) is 0. The predicted octanol–water partition coefficient (Wildman–Crippen LogP) is 4.55. The van der Waals surface area contributed by atoms with Crippen LogP contribution in [0.3, 0.4) is 0 Å². The van der Waals surface area contributed by atoms with E-state index < -0.39 is 0 Å². The number of nitrogens with zero attached hydrogens (tertiary/aromatic N) is 1. The highest BCUT2D eigenvalue weighted by Gasteiger charge is 2.07. The first-order chi connectivity index (χ1) is 9.19. The zero-order chi connectivity index (χ0) is 13.4. The lowest BCUT2D eigenvalue weighted by Gasteiger charge is -2.06. The monoisotopic (exact) mass is 290 g/mol. The number of rotatable bonds is 2. The molecule has 19 heavy (non-hydrogen) atoms. The van der Waals surface area contributed by atoms with Crippen molar-refractivity contribution in [3.8, 4) is 5.69 Å². The fourth-order valence-electron chi connectivity index (χ4n) is 2.09. The van der Waals surface area contributed by atoms with Crippen molar-refractivity contribution in [1.29, 1.82) is 0 Å². The van der Waals surface area contributed by atoms with Crippen molar-refractivity contribution < 1.29 is 4.39 Å². The van der Waals surface area contributed by atoms with Crippen molar-refractivity contribution in [3.05, 3.63) is 53.1 Å². The standard InChI is InChI=1S/C14H11FN2S2/c1-19-11-4-2-3-10(8-11)17-13-6-5-9(15)7-12(13)16-14(17)18/h2-8H,1H3,(H,16,18). The van der Waals surface area contributed by atoms with Crippen molar-refractivity contribution >= 4 is 35.0 Å². The quantitative estimate of drug-likeness (QED) is 0.552. The second-order valence-corrected chi connectivity index (χ2v) is 5.39. The molecule has 0 bridgehead atoms. The molecule has 0 atom stereocenters. The molecule has 0 saturated heterocycles. The minimum atomic E-state index is -0.270. The van der Waals surface area contributed by atoms with Gasteiger partial charge in [0, 0.05) is 10.6 Å². The molecule has 0 saturated carbocycles. The number of halogens is 1. The van der Waals surface area contributed by atoms with Crippen LogP contribution >= 0.6 is 24.0 Å². The summed E-state index contributed by atoms with van der Waals surface area (Å²) < 4.78 is 15.7. The first kappa shape index (κ1) is 12.4. The number of H-pyrrole nitrogens is 1. The van der Waals surface area contributed by atoms with Crippen LogP contribution in [0.25, 0.3) is 16.7 Å². The summed E-state index contributed by atoms with van der Waals surface area (Å²) in [6.45, 7) is 0. The van der Waals surface area contributed by atoms with Gasteiger partial charge in [-0.2, -0.15) is 0 Å². The molecule has 5 heteroatoms. The molecule has 1 N–H and O–H groups in total. The Bertz CT molecular complexity index is 805. The van der Waals surface area contributed by atoms with Gasteiger partial charge in [-0.25, -0.2) is 4.39 Å². The molecule has 3 aromatic rings. The topological polar surface area (TPSA) is 20.7 Å².